The Bertz CT molecular complexity index is 213. The largest absolute Gasteiger partial charge is 0.469 e. The molecule has 0 aliphatic carbocycles. The standard InChI is InChI=1S/C11H20O4/c1-5-7-9(11(13)14-4)10(6-2)15-8(3)12/h9-10H,5-7H2,1-4H3/t9-,10-/m0/s1. The van der Waals surface area contributed by atoms with Crippen molar-refractivity contribution < 1.29 is 19.1 Å². The highest BCUT2D eigenvalue weighted by atomic mass is 16.6. The Morgan fingerprint density at radius 1 is 1.27 bits per heavy atom. The van der Waals surface area contributed by atoms with Gasteiger partial charge in [-0.05, 0) is 12.8 Å². The maximum absolute atomic E-state index is 11.5. The molecule has 4 nitrogen and oxygen atoms in total. The molecule has 0 bridgehead atoms. The van der Waals surface area contributed by atoms with E-state index in [2.05, 4.69) is 0 Å². The van der Waals surface area contributed by atoms with Gasteiger partial charge in [-0.15, -0.1) is 0 Å². The van der Waals surface area contributed by atoms with E-state index in [9.17, 15) is 9.59 Å². The topological polar surface area (TPSA) is 52.6 Å². The van der Waals surface area contributed by atoms with Gasteiger partial charge in [-0.2, -0.15) is 0 Å². The number of carbonyl (C=O) groups excluding carboxylic acids is 2. The Kier molecular flexibility index (Phi) is 6.75. The number of carbonyl (C=O) groups is 2. The van der Waals surface area contributed by atoms with Crippen molar-refractivity contribution in [2.75, 3.05) is 7.11 Å². The normalized spacial score (nSPS) is 14.1. The van der Waals surface area contributed by atoms with Crippen LogP contribution in [-0.4, -0.2) is 25.2 Å². The van der Waals surface area contributed by atoms with Gasteiger partial charge in [0, 0.05) is 6.92 Å². The molecule has 0 N–H and O–H groups in total. The van der Waals surface area contributed by atoms with Crippen LogP contribution >= 0.6 is 0 Å². The van der Waals surface area contributed by atoms with Crippen LogP contribution in [0.5, 0.6) is 0 Å². The summed E-state index contributed by atoms with van der Waals surface area (Å²) < 4.78 is 9.80. The molecule has 2 atom stereocenters. The number of methoxy groups -OCH3 is 1. The minimum Gasteiger partial charge on any atom is -0.469 e. The first-order valence-corrected chi connectivity index (χ1v) is 5.31. The second-order valence-electron chi connectivity index (χ2n) is 3.47. The number of rotatable bonds is 6. The number of hydrogen-bond acceptors (Lipinski definition) is 4. The fraction of sp³-hybridized carbons (Fsp3) is 0.818. The molecule has 0 heterocycles. The first-order chi connectivity index (χ1) is 7.06. The molecule has 0 aliphatic rings. The van der Waals surface area contributed by atoms with Crippen LogP contribution in [0.2, 0.25) is 0 Å². The molecule has 0 rings (SSSR count). The minimum absolute atomic E-state index is 0.301. The van der Waals surface area contributed by atoms with Crippen molar-refractivity contribution >= 4 is 11.9 Å². The molecule has 0 unspecified atom stereocenters. The Hall–Kier alpha value is -1.06. The van der Waals surface area contributed by atoms with Crippen LogP contribution in [0.25, 0.3) is 0 Å². The highest BCUT2D eigenvalue weighted by Crippen LogP contribution is 2.19. The molecule has 15 heavy (non-hydrogen) atoms. The third-order valence-electron chi connectivity index (χ3n) is 2.27. The van der Waals surface area contributed by atoms with Crippen LogP contribution < -0.4 is 0 Å². The average molecular weight is 216 g/mol. The summed E-state index contributed by atoms with van der Waals surface area (Å²) in [5.41, 5.74) is 0. The lowest BCUT2D eigenvalue weighted by molar-refractivity contribution is -0.159. The maximum Gasteiger partial charge on any atom is 0.312 e. The lowest BCUT2D eigenvalue weighted by atomic mass is 9.95. The lowest BCUT2D eigenvalue weighted by Crippen LogP contribution is -2.32. The van der Waals surface area contributed by atoms with E-state index in [0.717, 1.165) is 6.42 Å². The summed E-state index contributed by atoms with van der Waals surface area (Å²) in [6.07, 6.45) is 1.80. The molecule has 0 spiro atoms. The average Bonchev–Trinajstić information content (AvgIpc) is 2.21. The molecule has 0 aromatic heterocycles. The quantitative estimate of drug-likeness (QED) is 0.636. The summed E-state index contributed by atoms with van der Waals surface area (Å²) in [6, 6.07) is 0. The highest BCUT2D eigenvalue weighted by Gasteiger charge is 2.29. The fourth-order valence-corrected chi connectivity index (χ4v) is 1.58. The van der Waals surface area contributed by atoms with E-state index in [1.165, 1.54) is 14.0 Å². The van der Waals surface area contributed by atoms with E-state index in [4.69, 9.17) is 9.47 Å². The monoisotopic (exact) mass is 216 g/mol. The van der Waals surface area contributed by atoms with Gasteiger partial charge < -0.3 is 9.47 Å². The second kappa shape index (κ2) is 7.26. The summed E-state index contributed by atoms with van der Waals surface area (Å²) >= 11 is 0. The molecule has 0 aliphatic heterocycles. The van der Waals surface area contributed by atoms with Crippen molar-refractivity contribution in [3.8, 4) is 0 Å². The first kappa shape index (κ1) is 13.9. The molecule has 0 aromatic rings. The SMILES string of the molecule is CCC[C@H](C(=O)OC)[C@H](CC)OC(C)=O. The summed E-state index contributed by atoms with van der Waals surface area (Å²) in [7, 11) is 1.35. The Balaban J connectivity index is 4.53. The lowest BCUT2D eigenvalue weighted by Gasteiger charge is -2.23. The van der Waals surface area contributed by atoms with E-state index >= 15 is 0 Å². The molecule has 4 heteroatoms. The molecule has 88 valence electrons. The third kappa shape index (κ3) is 4.81. The van der Waals surface area contributed by atoms with Crippen molar-refractivity contribution in [1.29, 1.82) is 0 Å². The van der Waals surface area contributed by atoms with Crippen LogP contribution in [0.15, 0.2) is 0 Å². The van der Waals surface area contributed by atoms with E-state index in [1.54, 1.807) is 0 Å². The van der Waals surface area contributed by atoms with Gasteiger partial charge in [0.05, 0.1) is 13.0 Å². The second-order valence-corrected chi connectivity index (χ2v) is 3.47. The fourth-order valence-electron chi connectivity index (χ4n) is 1.58. The molecular formula is C11H20O4. The van der Waals surface area contributed by atoms with Gasteiger partial charge in [0.1, 0.15) is 6.10 Å². The van der Waals surface area contributed by atoms with Crippen LogP contribution in [-0.2, 0) is 19.1 Å². The van der Waals surface area contributed by atoms with Crippen LogP contribution in [0.3, 0.4) is 0 Å². The molecule has 0 saturated carbocycles. The van der Waals surface area contributed by atoms with Crippen molar-refractivity contribution in [3.05, 3.63) is 0 Å². The predicted octanol–water partition coefficient (Wildman–Crippen LogP) is 1.92. The molecule has 0 amide bonds. The highest BCUT2D eigenvalue weighted by molar-refractivity contribution is 5.74. The van der Waals surface area contributed by atoms with Gasteiger partial charge in [-0.25, -0.2) is 0 Å². The van der Waals surface area contributed by atoms with Crippen molar-refractivity contribution in [3.63, 3.8) is 0 Å². The molecule has 0 fully saturated rings. The van der Waals surface area contributed by atoms with Gasteiger partial charge in [0.2, 0.25) is 0 Å². The maximum atomic E-state index is 11.5. The van der Waals surface area contributed by atoms with Crippen LogP contribution in [0.4, 0.5) is 0 Å². The van der Waals surface area contributed by atoms with Gasteiger partial charge in [0.25, 0.3) is 0 Å². The zero-order chi connectivity index (χ0) is 11.8. The Morgan fingerprint density at radius 3 is 2.20 bits per heavy atom. The Morgan fingerprint density at radius 2 is 1.87 bits per heavy atom. The van der Waals surface area contributed by atoms with Crippen molar-refractivity contribution in [2.24, 2.45) is 5.92 Å². The zero-order valence-electron chi connectivity index (χ0n) is 9.91. The summed E-state index contributed by atoms with van der Waals surface area (Å²) in [5.74, 6) is -0.995. The minimum atomic E-state index is -0.366. The number of ether oxygens (including phenoxy) is 2. The summed E-state index contributed by atoms with van der Waals surface area (Å²) in [4.78, 5) is 22.3. The molecular weight excluding hydrogens is 196 g/mol. The number of esters is 2. The smallest absolute Gasteiger partial charge is 0.312 e. The van der Waals surface area contributed by atoms with Gasteiger partial charge in [0.15, 0.2) is 0 Å². The Labute approximate surface area is 90.9 Å². The van der Waals surface area contributed by atoms with E-state index in [0.29, 0.717) is 12.8 Å². The molecule has 0 saturated heterocycles. The van der Waals surface area contributed by atoms with Gasteiger partial charge >= 0.3 is 11.9 Å². The zero-order valence-corrected chi connectivity index (χ0v) is 9.91. The van der Waals surface area contributed by atoms with Crippen molar-refractivity contribution in [1.82, 2.24) is 0 Å². The first-order valence-electron chi connectivity index (χ1n) is 5.31. The molecule has 0 radical (unpaired) electrons. The number of hydrogen-bond donors (Lipinski definition) is 0. The van der Waals surface area contributed by atoms with Crippen LogP contribution in [0, 0.1) is 5.92 Å². The van der Waals surface area contributed by atoms with Gasteiger partial charge in [-0.3, -0.25) is 9.59 Å². The van der Waals surface area contributed by atoms with E-state index < -0.39 is 0 Å². The molecule has 0 aromatic carbocycles. The van der Waals surface area contributed by atoms with Crippen LogP contribution in [0.1, 0.15) is 40.0 Å². The third-order valence-corrected chi connectivity index (χ3v) is 2.27. The van der Waals surface area contributed by atoms with E-state index in [-0.39, 0.29) is 24.0 Å². The van der Waals surface area contributed by atoms with E-state index in [1.807, 2.05) is 13.8 Å². The van der Waals surface area contributed by atoms with Crippen molar-refractivity contribution in [2.45, 2.75) is 46.1 Å². The summed E-state index contributed by atoms with van der Waals surface area (Å²) in [5, 5.41) is 0. The predicted molar refractivity (Wildman–Crippen MR) is 56.3 cm³/mol. The summed E-state index contributed by atoms with van der Waals surface area (Å²) in [6.45, 7) is 5.22. The van der Waals surface area contributed by atoms with Gasteiger partial charge in [-0.1, -0.05) is 20.3 Å².